The number of thiocarbonyl (C=S) groups is 1. The first kappa shape index (κ1) is 12.9. The number of halogens is 1. The van der Waals surface area contributed by atoms with Crippen molar-refractivity contribution in [3.8, 4) is 12.3 Å². The SMILES string of the molecule is C#CCC1NC(=S)N(c2cc(Cl)ccc2C)C1=O. The molecule has 1 atom stereocenters. The van der Waals surface area contributed by atoms with Crippen molar-refractivity contribution in [1.29, 1.82) is 0 Å². The average Bonchev–Trinajstić information content (AvgIpc) is 2.59. The maximum atomic E-state index is 12.2. The lowest BCUT2D eigenvalue weighted by Gasteiger charge is -2.17. The smallest absolute Gasteiger partial charge is 0.256 e. The number of rotatable bonds is 2. The minimum absolute atomic E-state index is 0.136. The van der Waals surface area contributed by atoms with Gasteiger partial charge in [-0.1, -0.05) is 17.7 Å². The zero-order valence-corrected chi connectivity index (χ0v) is 11.3. The molecule has 1 unspecified atom stereocenters. The second-order valence-corrected chi connectivity index (χ2v) is 4.84. The molecule has 1 aromatic rings. The zero-order chi connectivity index (χ0) is 13.3. The summed E-state index contributed by atoms with van der Waals surface area (Å²) < 4.78 is 0. The fourth-order valence-corrected chi connectivity index (χ4v) is 2.34. The summed E-state index contributed by atoms with van der Waals surface area (Å²) in [6, 6.07) is 4.90. The van der Waals surface area contributed by atoms with Gasteiger partial charge in [0, 0.05) is 11.4 Å². The first-order valence-corrected chi connectivity index (χ1v) is 6.17. The Morgan fingerprint density at radius 2 is 2.33 bits per heavy atom. The number of nitrogens with zero attached hydrogens (tertiary/aromatic N) is 1. The molecule has 0 saturated carbocycles. The quantitative estimate of drug-likeness (QED) is 0.665. The summed E-state index contributed by atoms with van der Waals surface area (Å²) >= 11 is 11.1. The number of amides is 1. The Hall–Kier alpha value is -1.57. The number of hydrogen-bond donors (Lipinski definition) is 1. The third-order valence-electron chi connectivity index (χ3n) is 2.75. The van der Waals surface area contributed by atoms with Crippen molar-refractivity contribution in [2.75, 3.05) is 4.90 Å². The first-order chi connectivity index (χ1) is 8.54. The molecular weight excluding hydrogens is 268 g/mol. The minimum Gasteiger partial charge on any atom is -0.349 e. The van der Waals surface area contributed by atoms with Crippen LogP contribution < -0.4 is 10.2 Å². The monoisotopic (exact) mass is 278 g/mol. The van der Waals surface area contributed by atoms with Crippen LogP contribution >= 0.6 is 23.8 Å². The molecule has 1 saturated heterocycles. The number of aryl methyl sites for hydroxylation is 1. The van der Waals surface area contributed by atoms with Gasteiger partial charge in [0.25, 0.3) is 5.91 Å². The van der Waals surface area contributed by atoms with Gasteiger partial charge in [-0.25, -0.2) is 0 Å². The van der Waals surface area contributed by atoms with Crippen LogP contribution in [0.3, 0.4) is 0 Å². The van der Waals surface area contributed by atoms with Crippen molar-refractivity contribution in [2.24, 2.45) is 0 Å². The molecule has 0 bridgehead atoms. The van der Waals surface area contributed by atoms with Gasteiger partial charge in [-0.3, -0.25) is 9.69 Å². The molecule has 0 aliphatic carbocycles. The summed E-state index contributed by atoms with van der Waals surface area (Å²) in [5.41, 5.74) is 1.63. The number of benzene rings is 1. The van der Waals surface area contributed by atoms with Gasteiger partial charge in [-0.15, -0.1) is 12.3 Å². The van der Waals surface area contributed by atoms with Gasteiger partial charge in [0.15, 0.2) is 5.11 Å². The molecule has 1 fully saturated rings. The largest absolute Gasteiger partial charge is 0.349 e. The molecule has 3 nitrogen and oxygen atoms in total. The fraction of sp³-hybridized carbons (Fsp3) is 0.231. The van der Waals surface area contributed by atoms with Crippen LogP contribution in [0.2, 0.25) is 5.02 Å². The van der Waals surface area contributed by atoms with Gasteiger partial charge in [-0.2, -0.15) is 0 Å². The van der Waals surface area contributed by atoms with Gasteiger partial charge >= 0.3 is 0 Å². The lowest BCUT2D eigenvalue weighted by Crippen LogP contribution is -2.31. The fourth-order valence-electron chi connectivity index (χ4n) is 1.84. The third-order valence-corrected chi connectivity index (χ3v) is 3.29. The van der Waals surface area contributed by atoms with Crippen LogP contribution in [0.4, 0.5) is 5.69 Å². The Kier molecular flexibility index (Phi) is 3.55. The molecule has 5 heteroatoms. The normalized spacial score (nSPS) is 18.7. The summed E-state index contributed by atoms with van der Waals surface area (Å²) in [5.74, 6) is 2.33. The van der Waals surface area contributed by atoms with Crippen LogP contribution in [0.5, 0.6) is 0 Å². The Morgan fingerprint density at radius 1 is 1.61 bits per heavy atom. The van der Waals surface area contributed by atoms with Crippen molar-refractivity contribution in [2.45, 2.75) is 19.4 Å². The highest BCUT2D eigenvalue weighted by Gasteiger charge is 2.36. The summed E-state index contributed by atoms with van der Waals surface area (Å²) in [5, 5.41) is 3.85. The van der Waals surface area contributed by atoms with E-state index in [0.29, 0.717) is 22.2 Å². The van der Waals surface area contributed by atoms with Crippen molar-refractivity contribution in [1.82, 2.24) is 5.32 Å². The van der Waals surface area contributed by atoms with E-state index in [-0.39, 0.29) is 5.91 Å². The van der Waals surface area contributed by atoms with Gasteiger partial charge in [0.05, 0.1) is 5.69 Å². The molecule has 1 aliphatic heterocycles. The van der Waals surface area contributed by atoms with Crippen LogP contribution in [-0.4, -0.2) is 17.1 Å². The van der Waals surface area contributed by atoms with Gasteiger partial charge in [0.2, 0.25) is 0 Å². The first-order valence-electron chi connectivity index (χ1n) is 5.38. The maximum absolute atomic E-state index is 12.2. The number of terminal acetylenes is 1. The maximum Gasteiger partial charge on any atom is 0.256 e. The Balaban J connectivity index is 2.39. The van der Waals surface area contributed by atoms with Crippen LogP contribution in [0.1, 0.15) is 12.0 Å². The highest BCUT2D eigenvalue weighted by atomic mass is 35.5. The van der Waals surface area contributed by atoms with Crippen LogP contribution in [-0.2, 0) is 4.79 Å². The van der Waals surface area contributed by atoms with E-state index in [4.69, 9.17) is 30.2 Å². The van der Waals surface area contributed by atoms with Gasteiger partial charge in [-0.05, 0) is 36.8 Å². The van der Waals surface area contributed by atoms with Crippen molar-refractivity contribution < 1.29 is 4.79 Å². The molecule has 1 heterocycles. The Bertz CT molecular complexity index is 565. The predicted octanol–water partition coefficient (Wildman–Crippen LogP) is 2.26. The molecule has 1 N–H and O–H groups in total. The molecule has 0 aromatic heterocycles. The summed E-state index contributed by atoms with van der Waals surface area (Å²) in [6.07, 6.45) is 5.54. The number of carbonyl (C=O) groups is 1. The molecule has 0 spiro atoms. The topological polar surface area (TPSA) is 32.3 Å². The third kappa shape index (κ3) is 2.20. The average molecular weight is 279 g/mol. The van der Waals surface area contributed by atoms with Crippen LogP contribution in [0.25, 0.3) is 0 Å². The highest BCUT2D eigenvalue weighted by Crippen LogP contribution is 2.27. The minimum atomic E-state index is -0.444. The number of hydrogen-bond acceptors (Lipinski definition) is 2. The Labute approximate surface area is 116 Å². The van der Waals surface area contributed by atoms with Crippen LogP contribution in [0, 0.1) is 19.3 Å². The number of carbonyl (C=O) groups excluding carboxylic acids is 1. The molecule has 0 radical (unpaired) electrons. The zero-order valence-electron chi connectivity index (χ0n) is 9.74. The molecule has 1 aromatic carbocycles. The lowest BCUT2D eigenvalue weighted by molar-refractivity contribution is -0.118. The van der Waals surface area contributed by atoms with Crippen molar-refractivity contribution in [3.63, 3.8) is 0 Å². The van der Waals surface area contributed by atoms with E-state index in [0.717, 1.165) is 5.56 Å². The predicted molar refractivity (Wildman–Crippen MR) is 76.6 cm³/mol. The number of anilines is 1. The molecule has 92 valence electrons. The molecule has 1 amide bonds. The molecular formula is C13H11ClN2OS. The van der Waals surface area contributed by atoms with Crippen molar-refractivity contribution in [3.05, 3.63) is 28.8 Å². The number of nitrogens with one attached hydrogen (secondary N) is 1. The molecule has 2 rings (SSSR count). The van der Waals surface area contributed by atoms with E-state index in [1.54, 1.807) is 12.1 Å². The van der Waals surface area contributed by atoms with E-state index in [1.807, 2.05) is 13.0 Å². The Morgan fingerprint density at radius 3 is 3.00 bits per heavy atom. The lowest BCUT2D eigenvalue weighted by atomic mass is 10.1. The summed E-state index contributed by atoms with van der Waals surface area (Å²) in [6.45, 7) is 1.90. The van der Waals surface area contributed by atoms with E-state index < -0.39 is 6.04 Å². The van der Waals surface area contributed by atoms with Gasteiger partial charge < -0.3 is 5.32 Å². The van der Waals surface area contributed by atoms with E-state index in [2.05, 4.69) is 11.2 Å². The second kappa shape index (κ2) is 4.97. The van der Waals surface area contributed by atoms with Gasteiger partial charge in [0.1, 0.15) is 6.04 Å². The van der Waals surface area contributed by atoms with Crippen LogP contribution in [0.15, 0.2) is 18.2 Å². The molecule has 1 aliphatic rings. The standard InChI is InChI=1S/C13H11ClN2OS/c1-3-4-10-12(17)16(13(18)15-10)11-7-9(14)6-5-8(11)2/h1,5-7,10H,4H2,2H3,(H,15,18). The summed E-state index contributed by atoms with van der Waals surface area (Å²) in [7, 11) is 0. The second-order valence-electron chi connectivity index (χ2n) is 4.01. The van der Waals surface area contributed by atoms with Crippen molar-refractivity contribution >= 4 is 40.5 Å². The van der Waals surface area contributed by atoms with E-state index in [1.165, 1.54) is 4.90 Å². The van der Waals surface area contributed by atoms with E-state index in [9.17, 15) is 4.79 Å². The summed E-state index contributed by atoms with van der Waals surface area (Å²) in [4.78, 5) is 13.7. The highest BCUT2D eigenvalue weighted by molar-refractivity contribution is 7.80. The van der Waals surface area contributed by atoms with E-state index >= 15 is 0 Å². The molecule has 18 heavy (non-hydrogen) atoms.